The lowest BCUT2D eigenvalue weighted by molar-refractivity contribution is -0.897. The second-order valence-corrected chi connectivity index (χ2v) is 5.72. The molecule has 0 atom stereocenters. The zero-order valence-electron chi connectivity index (χ0n) is 13.6. The minimum atomic E-state index is -0.237. The van der Waals surface area contributed by atoms with Crippen molar-refractivity contribution in [1.82, 2.24) is 0 Å². The monoisotopic (exact) mass is 322 g/mol. The summed E-state index contributed by atoms with van der Waals surface area (Å²) in [6, 6.07) is 5.25. The molecule has 1 aliphatic heterocycles. The van der Waals surface area contributed by atoms with E-state index in [1.54, 1.807) is 32.4 Å². The molecule has 0 unspecified atom stereocenters. The van der Waals surface area contributed by atoms with Gasteiger partial charge in [-0.1, -0.05) is 0 Å². The Labute approximate surface area is 135 Å². The van der Waals surface area contributed by atoms with Crippen molar-refractivity contribution in [2.45, 2.75) is 12.8 Å². The first-order valence-electron chi connectivity index (χ1n) is 7.68. The molecule has 1 aromatic carbocycles. The molecule has 0 bridgehead atoms. The second kappa shape index (κ2) is 7.82. The average Bonchev–Trinajstić information content (AvgIpc) is 2.55. The van der Waals surface area contributed by atoms with Gasteiger partial charge in [0.15, 0.2) is 18.0 Å². The predicted molar refractivity (Wildman–Crippen MR) is 85.7 cm³/mol. The van der Waals surface area contributed by atoms with Crippen LogP contribution >= 0.6 is 0 Å². The number of nitrogens with one attached hydrogen (secondary N) is 2. The van der Waals surface area contributed by atoms with Crippen LogP contribution < -0.4 is 25.4 Å². The van der Waals surface area contributed by atoms with Crippen molar-refractivity contribution >= 4 is 17.5 Å². The maximum Gasteiger partial charge on any atom is 0.279 e. The largest absolute Gasteiger partial charge is 0.493 e. The third kappa shape index (κ3) is 4.59. The summed E-state index contributed by atoms with van der Waals surface area (Å²) in [5.74, 6) is 0.834. The zero-order valence-corrected chi connectivity index (χ0v) is 13.6. The predicted octanol–water partition coefficient (Wildman–Crippen LogP) is -0.577. The van der Waals surface area contributed by atoms with Crippen LogP contribution in [0.4, 0.5) is 5.69 Å². The molecule has 23 heavy (non-hydrogen) atoms. The van der Waals surface area contributed by atoms with Crippen LogP contribution in [-0.2, 0) is 9.59 Å². The highest BCUT2D eigenvalue weighted by atomic mass is 16.5. The molecule has 4 N–H and O–H groups in total. The molecule has 1 saturated heterocycles. The van der Waals surface area contributed by atoms with Crippen molar-refractivity contribution in [3.8, 4) is 11.5 Å². The number of quaternary nitrogens is 1. The number of carbonyl (C=O) groups excluding carboxylic acids is 2. The van der Waals surface area contributed by atoms with Gasteiger partial charge in [0.1, 0.15) is 0 Å². The number of nitrogens with two attached hydrogens (primary N) is 1. The van der Waals surface area contributed by atoms with Crippen LogP contribution in [0.1, 0.15) is 12.8 Å². The van der Waals surface area contributed by atoms with Gasteiger partial charge >= 0.3 is 0 Å². The molecule has 7 nitrogen and oxygen atoms in total. The first kappa shape index (κ1) is 17.1. The Morgan fingerprint density at radius 2 is 1.87 bits per heavy atom. The summed E-state index contributed by atoms with van der Waals surface area (Å²) in [6.07, 6.45) is 1.49. The minimum absolute atomic E-state index is 0.0485. The number of primary amides is 1. The molecule has 2 amide bonds. The maximum absolute atomic E-state index is 12.2. The van der Waals surface area contributed by atoms with E-state index in [4.69, 9.17) is 15.2 Å². The first-order chi connectivity index (χ1) is 11.0. The Hall–Kier alpha value is -2.28. The Morgan fingerprint density at radius 3 is 2.43 bits per heavy atom. The average molecular weight is 322 g/mol. The summed E-state index contributed by atoms with van der Waals surface area (Å²) in [5.41, 5.74) is 5.98. The van der Waals surface area contributed by atoms with Crippen LogP contribution in [-0.4, -0.2) is 45.7 Å². The number of likely N-dealkylation sites (tertiary alicyclic amines) is 1. The summed E-state index contributed by atoms with van der Waals surface area (Å²) in [7, 11) is 3.12. The molecule has 1 aliphatic rings. The van der Waals surface area contributed by atoms with E-state index in [0.29, 0.717) is 23.7 Å². The van der Waals surface area contributed by atoms with E-state index in [0.717, 1.165) is 25.9 Å². The van der Waals surface area contributed by atoms with Gasteiger partial charge in [-0.25, -0.2) is 0 Å². The number of ether oxygens (including phenoxy) is 2. The van der Waals surface area contributed by atoms with E-state index in [1.165, 1.54) is 4.90 Å². The number of hydrogen-bond acceptors (Lipinski definition) is 4. The van der Waals surface area contributed by atoms with Crippen molar-refractivity contribution < 1.29 is 24.0 Å². The Morgan fingerprint density at radius 1 is 1.22 bits per heavy atom. The third-order valence-corrected chi connectivity index (χ3v) is 4.17. The first-order valence-corrected chi connectivity index (χ1v) is 7.68. The Balaban J connectivity index is 1.87. The lowest BCUT2D eigenvalue weighted by atomic mass is 9.96. The van der Waals surface area contributed by atoms with Crippen LogP contribution in [0.3, 0.4) is 0 Å². The summed E-state index contributed by atoms with van der Waals surface area (Å²) in [6.45, 7) is 1.94. The molecule has 0 aliphatic carbocycles. The number of amides is 2. The van der Waals surface area contributed by atoms with Gasteiger partial charge in [-0.05, 0) is 12.1 Å². The Bertz CT molecular complexity index is 568. The number of carbonyl (C=O) groups is 2. The molecular weight excluding hydrogens is 298 g/mol. The fraction of sp³-hybridized carbons (Fsp3) is 0.500. The van der Waals surface area contributed by atoms with Gasteiger partial charge in [0.25, 0.3) is 5.91 Å². The molecule has 0 aromatic heterocycles. The lowest BCUT2D eigenvalue weighted by Gasteiger charge is -2.27. The van der Waals surface area contributed by atoms with Crippen molar-refractivity contribution in [2.75, 3.05) is 39.2 Å². The van der Waals surface area contributed by atoms with Crippen LogP contribution in [0.15, 0.2) is 18.2 Å². The molecular formula is C16H24N3O4+. The SMILES string of the molecule is COc1ccc(NC(=O)C[NH+]2CCC(C(N)=O)CC2)cc1OC. The van der Waals surface area contributed by atoms with Crippen LogP contribution in [0.2, 0.25) is 0 Å². The molecule has 7 heteroatoms. The van der Waals surface area contributed by atoms with Crippen molar-refractivity contribution in [3.63, 3.8) is 0 Å². The molecule has 1 fully saturated rings. The fourth-order valence-electron chi connectivity index (χ4n) is 2.83. The van der Waals surface area contributed by atoms with Crippen LogP contribution in [0.5, 0.6) is 11.5 Å². The molecule has 1 heterocycles. The quantitative estimate of drug-likeness (QED) is 0.653. The van der Waals surface area contributed by atoms with E-state index in [2.05, 4.69) is 5.32 Å². The van der Waals surface area contributed by atoms with Crippen molar-refractivity contribution in [1.29, 1.82) is 0 Å². The van der Waals surface area contributed by atoms with Gasteiger partial charge in [-0.3, -0.25) is 9.59 Å². The van der Waals surface area contributed by atoms with Gasteiger partial charge in [-0.2, -0.15) is 0 Å². The number of piperidine rings is 1. The fourth-order valence-corrected chi connectivity index (χ4v) is 2.83. The number of hydrogen-bond donors (Lipinski definition) is 3. The second-order valence-electron chi connectivity index (χ2n) is 5.72. The summed E-state index contributed by atoms with van der Waals surface area (Å²) < 4.78 is 10.4. The summed E-state index contributed by atoms with van der Waals surface area (Å²) >= 11 is 0. The van der Waals surface area contributed by atoms with Gasteiger partial charge in [0.05, 0.1) is 27.3 Å². The van der Waals surface area contributed by atoms with Gasteiger partial charge in [0.2, 0.25) is 5.91 Å². The molecule has 126 valence electrons. The van der Waals surface area contributed by atoms with Crippen LogP contribution in [0, 0.1) is 5.92 Å². The normalized spacial score (nSPS) is 20.6. The lowest BCUT2D eigenvalue weighted by Crippen LogP contribution is -3.14. The van der Waals surface area contributed by atoms with Crippen molar-refractivity contribution in [3.05, 3.63) is 18.2 Å². The molecule has 0 radical (unpaired) electrons. The van der Waals surface area contributed by atoms with Gasteiger partial charge in [0, 0.05) is 30.5 Å². The Kier molecular flexibility index (Phi) is 5.81. The highest BCUT2D eigenvalue weighted by Crippen LogP contribution is 2.29. The molecule has 0 spiro atoms. The van der Waals surface area contributed by atoms with Gasteiger partial charge < -0.3 is 25.4 Å². The highest BCUT2D eigenvalue weighted by molar-refractivity contribution is 5.91. The van der Waals surface area contributed by atoms with E-state index in [1.807, 2.05) is 0 Å². The number of rotatable bonds is 6. The van der Waals surface area contributed by atoms with E-state index >= 15 is 0 Å². The molecule has 2 rings (SSSR count). The summed E-state index contributed by atoms with van der Waals surface area (Å²) in [4.78, 5) is 24.5. The highest BCUT2D eigenvalue weighted by Gasteiger charge is 2.27. The standard InChI is InChI=1S/C16H23N3O4/c1-22-13-4-3-12(9-14(13)23-2)18-15(20)10-19-7-5-11(6-8-19)16(17)21/h3-4,9,11H,5-8,10H2,1-2H3,(H2,17,21)(H,18,20)/p+1. The van der Waals surface area contributed by atoms with E-state index in [9.17, 15) is 9.59 Å². The smallest absolute Gasteiger partial charge is 0.279 e. The van der Waals surface area contributed by atoms with Gasteiger partial charge in [-0.15, -0.1) is 0 Å². The van der Waals surface area contributed by atoms with Crippen molar-refractivity contribution in [2.24, 2.45) is 11.7 Å². The number of benzene rings is 1. The number of methoxy groups -OCH3 is 2. The molecule has 1 aromatic rings. The topological polar surface area (TPSA) is 95.1 Å². The van der Waals surface area contributed by atoms with Crippen LogP contribution in [0.25, 0.3) is 0 Å². The van der Waals surface area contributed by atoms with E-state index < -0.39 is 0 Å². The molecule has 0 saturated carbocycles. The number of anilines is 1. The summed E-state index contributed by atoms with van der Waals surface area (Å²) in [5, 5.41) is 2.86. The zero-order chi connectivity index (χ0) is 16.8. The maximum atomic E-state index is 12.2. The van der Waals surface area contributed by atoms with E-state index in [-0.39, 0.29) is 17.7 Å². The third-order valence-electron chi connectivity index (χ3n) is 4.17. The minimum Gasteiger partial charge on any atom is -0.493 e.